The molecule has 3 nitrogen and oxygen atoms in total. The van der Waals surface area contributed by atoms with Crippen LogP contribution in [0, 0.1) is 0 Å². The second-order valence-electron chi connectivity index (χ2n) is 4.40. The number of nitrogens with zero attached hydrogens (tertiary/aromatic N) is 1. The second kappa shape index (κ2) is 5.16. The molecule has 1 saturated heterocycles. The summed E-state index contributed by atoms with van der Waals surface area (Å²) in [7, 11) is 0. The molecule has 0 radical (unpaired) electrons. The first-order valence-corrected chi connectivity index (χ1v) is 5.76. The average molecular weight is 260 g/mol. The predicted molar refractivity (Wildman–Crippen MR) is 61.2 cm³/mol. The van der Waals surface area contributed by atoms with Gasteiger partial charge < -0.3 is 10.4 Å². The lowest BCUT2D eigenvalue weighted by atomic mass is 10.1. The Balaban J connectivity index is 2.10. The molecule has 0 amide bonds. The molecular formula is C12H15F3N2O. The van der Waals surface area contributed by atoms with Gasteiger partial charge in [-0.25, -0.2) is 0 Å². The summed E-state index contributed by atoms with van der Waals surface area (Å²) in [6.07, 6.45) is -4.23. The van der Waals surface area contributed by atoms with Gasteiger partial charge in [-0.3, -0.25) is 4.90 Å². The van der Waals surface area contributed by atoms with Crippen molar-refractivity contribution >= 4 is 0 Å². The molecule has 18 heavy (non-hydrogen) atoms. The standard InChI is InChI=1S/C12H15F3N2O/c13-12(14,15)11-7-16-4-5-17(11)8-9-2-1-3-10(18)6-9/h1-3,6,11,16,18H,4-5,7-8H2. The van der Waals surface area contributed by atoms with Crippen LogP contribution in [0.2, 0.25) is 0 Å². The SMILES string of the molecule is Oc1cccc(CN2CCNCC2C(F)(F)F)c1. The van der Waals surface area contributed by atoms with Crippen LogP contribution in [0.3, 0.4) is 0 Å². The highest BCUT2D eigenvalue weighted by molar-refractivity contribution is 5.27. The largest absolute Gasteiger partial charge is 0.508 e. The molecule has 1 fully saturated rings. The van der Waals surface area contributed by atoms with E-state index in [4.69, 9.17) is 0 Å². The van der Waals surface area contributed by atoms with Crippen LogP contribution in [0.5, 0.6) is 5.75 Å². The minimum atomic E-state index is -4.23. The molecule has 1 aromatic rings. The molecule has 1 unspecified atom stereocenters. The first kappa shape index (κ1) is 13.2. The van der Waals surface area contributed by atoms with Crippen molar-refractivity contribution in [3.05, 3.63) is 29.8 Å². The molecule has 1 heterocycles. The van der Waals surface area contributed by atoms with Crippen molar-refractivity contribution < 1.29 is 18.3 Å². The third-order valence-electron chi connectivity index (χ3n) is 3.03. The Morgan fingerprint density at radius 1 is 1.39 bits per heavy atom. The van der Waals surface area contributed by atoms with E-state index in [9.17, 15) is 18.3 Å². The second-order valence-corrected chi connectivity index (χ2v) is 4.40. The summed E-state index contributed by atoms with van der Waals surface area (Å²) in [5, 5.41) is 12.1. The molecule has 2 rings (SSSR count). The number of nitrogens with one attached hydrogen (secondary N) is 1. The van der Waals surface area contributed by atoms with E-state index < -0.39 is 12.2 Å². The van der Waals surface area contributed by atoms with Crippen LogP contribution in [-0.4, -0.2) is 41.9 Å². The lowest BCUT2D eigenvalue weighted by Gasteiger charge is -2.37. The van der Waals surface area contributed by atoms with Crippen molar-refractivity contribution in [2.24, 2.45) is 0 Å². The molecule has 0 bridgehead atoms. The van der Waals surface area contributed by atoms with Crippen LogP contribution in [0.4, 0.5) is 13.2 Å². The van der Waals surface area contributed by atoms with Crippen molar-refractivity contribution in [1.82, 2.24) is 10.2 Å². The lowest BCUT2D eigenvalue weighted by molar-refractivity contribution is -0.188. The fourth-order valence-electron chi connectivity index (χ4n) is 2.15. The van der Waals surface area contributed by atoms with E-state index in [0.717, 1.165) is 0 Å². The van der Waals surface area contributed by atoms with E-state index in [1.54, 1.807) is 12.1 Å². The fourth-order valence-corrected chi connectivity index (χ4v) is 2.15. The number of phenolic OH excluding ortho intramolecular Hbond substituents is 1. The van der Waals surface area contributed by atoms with Gasteiger partial charge >= 0.3 is 6.18 Å². The van der Waals surface area contributed by atoms with Crippen molar-refractivity contribution in [3.63, 3.8) is 0 Å². The van der Waals surface area contributed by atoms with E-state index in [1.165, 1.54) is 17.0 Å². The maximum atomic E-state index is 12.8. The quantitative estimate of drug-likeness (QED) is 0.850. The van der Waals surface area contributed by atoms with Crippen LogP contribution < -0.4 is 5.32 Å². The summed E-state index contributed by atoms with van der Waals surface area (Å²) in [5.41, 5.74) is 0.686. The molecule has 1 aliphatic heterocycles. The maximum Gasteiger partial charge on any atom is 0.405 e. The van der Waals surface area contributed by atoms with Gasteiger partial charge in [0.1, 0.15) is 11.8 Å². The van der Waals surface area contributed by atoms with E-state index in [2.05, 4.69) is 5.32 Å². The predicted octanol–water partition coefficient (Wildman–Crippen LogP) is 1.73. The van der Waals surface area contributed by atoms with Crippen molar-refractivity contribution in [1.29, 1.82) is 0 Å². The van der Waals surface area contributed by atoms with Crippen molar-refractivity contribution in [3.8, 4) is 5.75 Å². The molecule has 1 aliphatic rings. The van der Waals surface area contributed by atoms with Gasteiger partial charge in [0.05, 0.1) is 0 Å². The molecular weight excluding hydrogens is 245 g/mol. The highest BCUT2D eigenvalue weighted by Crippen LogP contribution is 2.27. The number of phenols is 1. The van der Waals surface area contributed by atoms with Crippen LogP contribution in [0.15, 0.2) is 24.3 Å². The zero-order valence-corrected chi connectivity index (χ0v) is 9.74. The molecule has 2 N–H and O–H groups in total. The third kappa shape index (κ3) is 3.14. The zero-order valence-electron chi connectivity index (χ0n) is 9.74. The van der Waals surface area contributed by atoms with Crippen LogP contribution in [0.1, 0.15) is 5.56 Å². The minimum Gasteiger partial charge on any atom is -0.508 e. The van der Waals surface area contributed by atoms with Gasteiger partial charge in [0.2, 0.25) is 0 Å². The third-order valence-corrected chi connectivity index (χ3v) is 3.03. The van der Waals surface area contributed by atoms with Gasteiger partial charge in [-0.2, -0.15) is 13.2 Å². The molecule has 1 atom stereocenters. The topological polar surface area (TPSA) is 35.5 Å². The smallest absolute Gasteiger partial charge is 0.405 e. The van der Waals surface area contributed by atoms with Crippen LogP contribution >= 0.6 is 0 Å². The van der Waals surface area contributed by atoms with E-state index >= 15 is 0 Å². The Morgan fingerprint density at radius 3 is 2.83 bits per heavy atom. The van der Waals surface area contributed by atoms with Crippen LogP contribution in [0.25, 0.3) is 0 Å². The summed E-state index contributed by atoms with van der Waals surface area (Å²) in [6.45, 7) is 1.01. The molecule has 0 aromatic heterocycles. The summed E-state index contributed by atoms with van der Waals surface area (Å²) in [4.78, 5) is 1.39. The maximum absolute atomic E-state index is 12.8. The molecule has 1 aromatic carbocycles. The van der Waals surface area contributed by atoms with E-state index in [1.807, 2.05) is 0 Å². The number of hydrogen-bond acceptors (Lipinski definition) is 3. The van der Waals surface area contributed by atoms with Gasteiger partial charge in [0.15, 0.2) is 0 Å². The lowest BCUT2D eigenvalue weighted by Crippen LogP contribution is -2.57. The van der Waals surface area contributed by atoms with E-state index in [-0.39, 0.29) is 18.8 Å². The number of alkyl halides is 3. The van der Waals surface area contributed by atoms with Crippen molar-refractivity contribution in [2.75, 3.05) is 19.6 Å². The van der Waals surface area contributed by atoms with Gasteiger partial charge in [-0.15, -0.1) is 0 Å². The number of benzene rings is 1. The molecule has 6 heteroatoms. The number of hydrogen-bond donors (Lipinski definition) is 2. The van der Waals surface area contributed by atoms with Gasteiger partial charge in [0.25, 0.3) is 0 Å². The molecule has 0 aliphatic carbocycles. The molecule has 100 valence electrons. The summed E-state index contributed by atoms with van der Waals surface area (Å²) < 4.78 is 38.5. The average Bonchev–Trinajstić information content (AvgIpc) is 2.28. The Labute approximate surface area is 103 Å². The molecule has 0 saturated carbocycles. The fraction of sp³-hybridized carbons (Fsp3) is 0.500. The molecule has 0 spiro atoms. The summed E-state index contributed by atoms with van der Waals surface area (Å²) >= 11 is 0. The summed E-state index contributed by atoms with van der Waals surface area (Å²) in [6, 6.07) is 4.89. The Morgan fingerprint density at radius 2 is 2.17 bits per heavy atom. The van der Waals surface area contributed by atoms with Gasteiger partial charge in [-0.05, 0) is 17.7 Å². The normalized spacial score (nSPS) is 22.1. The van der Waals surface area contributed by atoms with Crippen molar-refractivity contribution in [2.45, 2.75) is 18.8 Å². The van der Waals surface area contributed by atoms with Gasteiger partial charge in [0, 0.05) is 26.2 Å². The Hall–Kier alpha value is -1.27. The highest BCUT2D eigenvalue weighted by atomic mass is 19.4. The minimum absolute atomic E-state index is 0.0752. The Kier molecular flexibility index (Phi) is 3.77. The Bertz CT molecular complexity index is 409. The first-order chi connectivity index (χ1) is 8.47. The van der Waals surface area contributed by atoms with Gasteiger partial charge in [-0.1, -0.05) is 12.1 Å². The number of aromatic hydroxyl groups is 1. The summed E-state index contributed by atoms with van der Waals surface area (Å²) in [5.74, 6) is 0.0752. The van der Waals surface area contributed by atoms with Crippen LogP contribution in [-0.2, 0) is 6.54 Å². The number of halogens is 3. The monoisotopic (exact) mass is 260 g/mol. The zero-order chi connectivity index (χ0) is 13.2. The number of piperazine rings is 1. The number of rotatable bonds is 2. The van der Waals surface area contributed by atoms with E-state index in [0.29, 0.717) is 18.7 Å². The highest BCUT2D eigenvalue weighted by Gasteiger charge is 2.44. The first-order valence-electron chi connectivity index (χ1n) is 5.76.